The molecule has 0 spiro atoms. The summed E-state index contributed by atoms with van der Waals surface area (Å²) in [6, 6.07) is 0. The Kier molecular flexibility index (Phi) is 3.75. The molecule has 0 bridgehead atoms. The predicted octanol–water partition coefficient (Wildman–Crippen LogP) is 2.21. The van der Waals surface area contributed by atoms with Crippen LogP contribution < -0.4 is 5.32 Å². The maximum atomic E-state index is 11.1. The molecule has 1 N–H and O–H groups in total. The summed E-state index contributed by atoms with van der Waals surface area (Å²) in [4.78, 5) is 11.8. The average Bonchev–Trinajstić information content (AvgIpc) is 2.31. The minimum Gasteiger partial charge on any atom is -0.307 e. The highest BCUT2D eigenvalue weighted by Crippen LogP contribution is 2.23. The SMILES string of the molecule is CCCCC=C1SC(=S)NC1=O. The summed E-state index contributed by atoms with van der Waals surface area (Å²) in [6.45, 7) is 2.13. The summed E-state index contributed by atoms with van der Waals surface area (Å²) in [5.41, 5.74) is 0. The van der Waals surface area contributed by atoms with E-state index >= 15 is 0 Å². The Labute approximate surface area is 81.8 Å². The van der Waals surface area contributed by atoms with E-state index in [-0.39, 0.29) is 5.91 Å². The highest BCUT2D eigenvalue weighted by molar-refractivity contribution is 8.26. The van der Waals surface area contributed by atoms with E-state index in [1.165, 1.54) is 11.8 Å². The van der Waals surface area contributed by atoms with Crippen LogP contribution >= 0.6 is 24.0 Å². The van der Waals surface area contributed by atoms with Crippen LogP contribution in [0.2, 0.25) is 0 Å². The summed E-state index contributed by atoms with van der Waals surface area (Å²) in [6.07, 6.45) is 5.21. The molecule has 0 unspecified atom stereocenters. The quantitative estimate of drug-likeness (QED) is 0.431. The van der Waals surface area contributed by atoms with Crippen LogP contribution in [0.4, 0.5) is 0 Å². The lowest BCUT2D eigenvalue weighted by atomic mass is 10.2. The molecule has 1 amide bonds. The third kappa shape index (κ3) is 2.60. The van der Waals surface area contributed by atoms with E-state index in [0.717, 1.165) is 24.2 Å². The van der Waals surface area contributed by atoms with Gasteiger partial charge in [-0.3, -0.25) is 4.79 Å². The molecule has 4 heteroatoms. The zero-order chi connectivity index (χ0) is 8.97. The summed E-state index contributed by atoms with van der Waals surface area (Å²) in [5.74, 6) is -0.0406. The number of unbranched alkanes of at least 4 members (excludes halogenated alkanes) is 2. The van der Waals surface area contributed by atoms with E-state index in [1.807, 2.05) is 6.08 Å². The monoisotopic (exact) mass is 201 g/mol. The first-order valence-corrected chi connectivity index (χ1v) is 5.20. The van der Waals surface area contributed by atoms with Gasteiger partial charge in [-0.1, -0.05) is 49.8 Å². The van der Waals surface area contributed by atoms with Crippen LogP contribution in [-0.2, 0) is 4.79 Å². The van der Waals surface area contributed by atoms with Crippen molar-refractivity contribution in [2.24, 2.45) is 0 Å². The van der Waals surface area contributed by atoms with Gasteiger partial charge in [0.15, 0.2) is 0 Å². The Bertz CT molecular complexity index is 235. The van der Waals surface area contributed by atoms with E-state index in [0.29, 0.717) is 4.32 Å². The number of hydrogen-bond acceptors (Lipinski definition) is 3. The number of allylic oxidation sites excluding steroid dienone is 1. The first-order chi connectivity index (χ1) is 5.74. The normalized spacial score (nSPS) is 20.2. The summed E-state index contributed by atoms with van der Waals surface area (Å²) < 4.78 is 0.572. The molecule has 0 aromatic rings. The van der Waals surface area contributed by atoms with Crippen LogP contribution in [0.15, 0.2) is 11.0 Å². The van der Waals surface area contributed by atoms with Crippen LogP contribution in [-0.4, -0.2) is 10.2 Å². The molecule has 1 rings (SSSR count). The van der Waals surface area contributed by atoms with Crippen molar-refractivity contribution in [2.45, 2.75) is 26.2 Å². The topological polar surface area (TPSA) is 29.1 Å². The highest BCUT2D eigenvalue weighted by atomic mass is 32.2. The molecular formula is C8H11NOS2. The Hall–Kier alpha value is -0.350. The Morgan fingerprint density at radius 2 is 2.42 bits per heavy atom. The first-order valence-electron chi connectivity index (χ1n) is 3.97. The van der Waals surface area contributed by atoms with Crippen LogP contribution in [0.3, 0.4) is 0 Å². The van der Waals surface area contributed by atoms with Crippen LogP contribution in [0, 0.1) is 0 Å². The number of nitrogens with one attached hydrogen (secondary N) is 1. The molecule has 1 saturated heterocycles. The van der Waals surface area contributed by atoms with Crippen LogP contribution in [0.5, 0.6) is 0 Å². The zero-order valence-corrected chi connectivity index (χ0v) is 8.56. The minimum absolute atomic E-state index is 0.0406. The number of thioether (sulfide) groups is 1. The van der Waals surface area contributed by atoms with Gasteiger partial charge in [-0.15, -0.1) is 0 Å². The van der Waals surface area contributed by atoms with Crippen molar-refractivity contribution in [1.82, 2.24) is 5.32 Å². The fourth-order valence-corrected chi connectivity index (χ4v) is 1.95. The fourth-order valence-electron chi connectivity index (χ4n) is 0.898. The van der Waals surface area contributed by atoms with Crippen LogP contribution in [0.1, 0.15) is 26.2 Å². The van der Waals surface area contributed by atoms with Crippen LogP contribution in [0.25, 0.3) is 0 Å². The molecule has 1 heterocycles. The van der Waals surface area contributed by atoms with Gasteiger partial charge >= 0.3 is 0 Å². The summed E-state index contributed by atoms with van der Waals surface area (Å²) in [7, 11) is 0. The number of amides is 1. The highest BCUT2D eigenvalue weighted by Gasteiger charge is 2.21. The number of carbonyl (C=O) groups is 1. The van der Waals surface area contributed by atoms with Gasteiger partial charge in [-0.05, 0) is 6.42 Å². The van der Waals surface area contributed by atoms with Crippen molar-refractivity contribution in [3.8, 4) is 0 Å². The lowest BCUT2D eigenvalue weighted by molar-refractivity contribution is -0.115. The molecule has 0 atom stereocenters. The van der Waals surface area contributed by atoms with Gasteiger partial charge in [-0.25, -0.2) is 0 Å². The van der Waals surface area contributed by atoms with Gasteiger partial charge in [0, 0.05) is 0 Å². The van der Waals surface area contributed by atoms with Crippen molar-refractivity contribution >= 4 is 34.2 Å². The largest absolute Gasteiger partial charge is 0.307 e. The molecule has 0 saturated carbocycles. The second-order valence-electron chi connectivity index (χ2n) is 2.55. The van der Waals surface area contributed by atoms with E-state index in [4.69, 9.17) is 12.2 Å². The van der Waals surface area contributed by atoms with E-state index in [9.17, 15) is 4.79 Å². The summed E-state index contributed by atoms with van der Waals surface area (Å²) >= 11 is 6.20. The van der Waals surface area contributed by atoms with Gasteiger partial charge in [0.1, 0.15) is 4.32 Å². The maximum Gasteiger partial charge on any atom is 0.263 e. The summed E-state index contributed by atoms with van der Waals surface area (Å²) in [5, 5.41) is 2.58. The van der Waals surface area contributed by atoms with E-state index in [2.05, 4.69) is 12.2 Å². The number of carbonyl (C=O) groups excluding carboxylic acids is 1. The van der Waals surface area contributed by atoms with Crippen molar-refractivity contribution < 1.29 is 4.79 Å². The molecule has 1 aliphatic heterocycles. The second-order valence-corrected chi connectivity index (χ2v) is 4.27. The molecule has 0 aliphatic carbocycles. The van der Waals surface area contributed by atoms with Gasteiger partial charge < -0.3 is 5.32 Å². The number of rotatable bonds is 3. The Morgan fingerprint density at radius 3 is 2.92 bits per heavy atom. The average molecular weight is 201 g/mol. The Balaban J connectivity index is 2.46. The molecule has 2 nitrogen and oxygen atoms in total. The third-order valence-corrected chi connectivity index (χ3v) is 2.74. The lowest BCUT2D eigenvalue weighted by Crippen LogP contribution is -2.17. The van der Waals surface area contributed by atoms with Crippen molar-refractivity contribution in [2.75, 3.05) is 0 Å². The third-order valence-electron chi connectivity index (χ3n) is 1.53. The van der Waals surface area contributed by atoms with Crippen molar-refractivity contribution in [3.63, 3.8) is 0 Å². The number of thiocarbonyl (C=S) groups is 1. The van der Waals surface area contributed by atoms with Gasteiger partial charge in [0.2, 0.25) is 0 Å². The van der Waals surface area contributed by atoms with Gasteiger partial charge in [0.25, 0.3) is 5.91 Å². The molecule has 66 valence electrons. The first kappa shape index (κ1) is 9.74. The number of hydrogen-bond donors (Lipinski definition) is 1. The standard InChI is InChI=1S/C8H11NOS2/c1-2-3-4-5-6-7(10)9-8(11)12-6/h5H,2-4H2,1H3,(H,9,10,11). The second kappa shape index (κ2) is 4.62. The molecule has 1 aliphatic rings. The molecule has 0 aromatic carbocycles. The Morgan fingerprint density at radius 1 is 1.67 bits per heavy atom. The van der Waals surface area contributed by atoms with Gasteiger partial charge in [0.05, 0.1) is 4.91 Å². The molecule has 0 aromatic heterocycles. The van der Waals surface area contributed by atoms with Crippen molar-refractivity contribution in [1.29, 1.82) is 0 Å². The van der Waals surface area contributed by atoms with E-state index < -0.39 is 0 Å². The minimum atomic E-state index is -0.0406. The predicted molar refractivity (Wildman–Crippen MR) is 55.9 cm³/mol. The molecule has 1 fully saturated rings. The van der Waals surface area contributed by atoms with Gasteiger partial charge in [-0.2, -0.15) is 0 Å². The molecular weight excluding hydrogens is 190 g/mol. The fraction of sp³-hybridized carbons (Fsp3) is 0.500. The lowest BCUT2D eigenvalue weighted by Gasteiger charge is -1.90. The zero-order valence-electron chi connectivity index (χ0n) is 6.92. The molecule has 0 radical (unpaired) electrons. The molecule has 12 heavy (non-hydrogen) atoms. The smallest absolute Gasteiger partial charge is 0.263 e. The maximum absolute atomic E-state index is 11.1. The van der Waals surface area contributed by atoms with Crippen molar-refractivity contribution in [3.05, 3.63) is 11.0 Å². The van der Waals surface area contributed by atoms with E-state index in [1.54, 1.807) is 0 Å².